The van der Waals surface area contributed by atoms with E-state index in [0.29, 0.717) is 18.9 Å². The highest BCUT2D eigenvalue weighted by Gasteiger charge is 2.60. The highest BCUT2D eigenvalue weighted by atomic mass is 19.1. The fourth-order valence-corrected chi connectivity index (χ4v) is 8.22. The maximum atomic E-state index is 14.8. The largest absolute Gasteiger partial charge is 0.352 e. The van der Waals surface area contributed by atoms with Crippen LogP contribution < -0.4 is 21.4 Å². The molecule has 5 rings (SSSR count). The molecule has 4 fully saturated rings. The summed E-state index contributed by atoms with van der Waals surface area (Å²) in [6, 6.07) is 3.76. The van der Waals surface area contributed by atoms with Crippen molar-refractivity contribution in [3.8, 4) is 0 Å². The van der Waals surface area contributed by atoms with Gasteiger partial charge in [0.25, 0.3) is 5.91 Å². The van der Waals surface area contributed by atoms with E-state index in [2.05, 4.69) is 29.8 Å². The summed E-state index contributed by atoms with van der Waals surface area (Å²) in [5.41, 5.74) is 2.22. The number of hydrogen-bond donors (Lipinski definition) is 5. The molecule has 0 radical (unpaired) electrons. The quantitative estimate of drug-likeness (QED) is 0.136. The zero-order valence-corrected chi connectivity index (χ0v) is 22.8. The maximum absolute atomic E-state index is 14.8. The second kappa shape index (κ2) is 11.6. The Kier molecular flexibility index (Phi) is 8.65. The Bertz CT molecular complexity index is 1030. The molecule has 4 bridgehead atoms. The lowest BCUT2D eigenvalue weighted by Crippen LogP contribution is -2.65. The number of nitrogens with one attached hydrogen (secondary N) is 4. The van der Waals surface area contributed by atoms with E-state index in [0.717, 1.165) is 57.8 Å². The average molecular weight is 531 g/mol. The van der Waals surface area contributed by atoms with Crippen LogP contribution in [0.4, 0.5) is 14.9 Å². The van der Waals surface area contributed by atoms with Crippen LogP contribution in [0.1, 0.15) is 108 Å². The van der Waals surface area contributed by atoms with Gasteiger partial charge >= 0.3 is 6.03 Å². The second-order valence-electron chi connectivity index (χ2n) is 12.8. The van der Waals surface area contributed by atoms with E-state index in [4.69, 9.17) is 5.21 Å². The Labute approximate surface area is 224 Å². The third-order valence-corrected chi connectivity index (χ3v) is 8.73. The predicted molar refractivity (Wildman–Crippen MR) is 143 cm³/mol. The van der Waals surface area contributed by atoms with Crippen LogP contribution in [-0.2, 0) is 4.79 Å². The molecule has 0 aromatic heterocycles. The number of hydroxylamine groups is 1. The zero-order valence-electron chi connectivity index (χ0n) is 22.8. The summed E-state index contributed by atoms with van der Waals surface area (Å²) >= 11 is 0. The average Bonchev–Trinajstić information content (AvgIpc) is 2.81. The van der Waals surface area contributed by atoms with Crippen molar-refractivity contribution in [3.63, 3.8) is 0 Å². The van der Waals surface area contributed by atoms with Crippen molar-refractivity contribution in [2.45, 2.75) is 103 Å². The Morgan fingerprint density at radius 1 is 0.947 bits per heavy atom. The molecule has 5 N–H and O–H groups in total. The molecule has 210 valence electrons. The molecule has 2 unspecified atom stereocenters. The van der Waals surface area contributed by atoms with Crippen LogP contribution in [0.2, 0.25) is 0 Å². The number of carbonyl (C=O) groups excluding carboxylic acids is 3. The van der Waals surface area contributed by atoms with E-state index in [9.17, 15) is 18.8 Å². The van der Waals surface area contributed by atoms with Crippen LogP contribution in [0.5, 0.6) is 0 Å². The molecule has 38 heavy (non-hydrogen) atoms. The fraction of sp³-hybridized carbons (Fsp3) is 0.690. The minimum absolute atomic E-state index is 0.0673. The van der Waals surface area contributed by atoms with E-state index in [1.807, 2.05) is 0 Å². The van der Waals surface area contributed by atoms with E-state index >= 15 is 0 Å². The van der Waals surface area contributed by atoms with Gasteiger partial charge in [-0.2, -0.15) is 0 Å². The first-order chi connectivity index (χ1) is 18.0. The normalized spacial score (nSPS) is 29.1. The van der Waals surface area contributed by atoms with Crippen LogP contribution in [0.25, 0.3) is 0 Å². The third-order valence-electron chi connectivity index (χ3n) is 8.73. The number of halogens is 1. The topological polar surface area (TPSA) is 120 Å². The van der Waals surface area contributed by atoms with E-state index in [1.54, 1.807) is 5.48 Å². The second-order valence-corrected chi connectivity index (χ2v) is 12.8. The lowest BCUT2D eigenvalue weighted by atomic mass is 9.43. The lowest BCUT2D eigenvalue weighted by molar-refractivity contribution is -0.129. The van der Waals surface area contributed by atoms with Crippen molar-refractivity contribution in [3.05, 3.63) is 29.6 Å². The summed E-state index contributed by atoms with van der Waals surface area (Å²) in [6.45, 7) is 5.19. The van der Waals surface area contributed by atoms with Crippen LogP contribution in [-0.4, -0.2) is 35.1 Å². The van der Waals surface area contributed by atoms with E-state index in [1.165, 1.54) is 37.5 Å². The van der Waals surface area contributed by atoms with Gasteiger partial charge in [-0.15, -0.1) is 0 Å². The van der Waals surface area contributed by atoms with E-state index in [-0.39, 0.29) is 45.5 Å². The number of anilines is 1. The minimum Gasteiger partial charge on any atom is -0.352 e. The number of urea groups is 1. The summed E-state index contributed by atoms with van der Waals surface area (Å²) in [7, 11) is 0. The molecule has 4 amide bonds. The minimum atomic E-state index is -0.632. The lowest BCUT2D eigenvalue weighted by Gasteiger charge is -2.65. The molecule has 4 saturated carbocycles. The summed E-state index contributed by atoms with van der Waals surface area (Å²) in [5, 5.41) is 17.2. The molecular formula is C29H43FN4O4. The Morgan fingerprint density at radius 2 is 1.61 bits per heavy atom. The summed E-state index contributed by atoms with van der Waals surface area (Å²) in [5.74, 6) is -0.696. The van der Waals surface area contributed by atoms with Gasteiger partial charge in [0.15, 0.2) is 0 Å². The van der Waals surface area contributed by atoms with Crippen molar-refractivity contribution in [1.29, 1.82) is 0 Å². The number of carbonyl (C=O) groups is 3. The highest BCUT2D eigenvalue weighted by Crippen LogP contribution is 2.66. The first-order valence-electron chi connectivity index (χ1n) is 14.1. The molecule has 8 nitrogen and oxygen atoms in total. The van der Waals surface area contributed by atoms with Gasteiger partial charge in [-0.3, -0.25) is 14.8 Å². The molecule has 0 aliphatic heterocycles. The first-order valence-corrected chi connectivity index (χ1v) is 14.1. The van der Waals surface area contributed by atoms with Crippen molar-refractivity contribution < 1.29 is 24.0 Å². The maximum Gasteiger partial charge on any atom is 0.319 e. The van der Waals surface area contributed by atoms with Crippen LogP contribution in [0.3, 0.4) is 0 Å². The Morgan fingerprint density at radius 3 is 2.24 bits per heavy atom. The molecule has 2 atom stereocenters. The number of rotatable bonds is 12. The van der Waals surface area contributed by atoms with Crippen molar-refractivity contribution in [2.75, 3.05) is 11.9 Å². The number of unbranched alkanes of at least 4 members (excludes halogenated alkanes) is 5. The zero-order chi connectivity index (χ0) is 27.4. The summed E-state index contributed by atoms with van der Waals surface area (Å²) in [4.78, 5) is 36.3. The van der Waals surface area contributed by atoms with Gasteiger partial charge in [0, 0.05) is 24.1 Å². The Balaban J connectivity index is 1.18. The number of amides is 4. The Hall–Kier alpha value is -2.68. The van der Waals surface area contributed by atoms with Crippen LogP contribution >= 0.6 is 0 Å². The van der Waals surface area contributed by atoms with Crippen molar-refractivity contribution >= 4 is 23.5 Å². The predicted octanol–water partition coefficient (Wildman–Crippen LogP) is 5.66. The van der Waals surface area contributed by atoms with Crippen molar-refractivity contribution in [2.24, 2.45) is 16.7 Å². The van der Waals surface area contributed by atoms with Crippen molar-refractivity contribution in [1.82, 2.24) is 16.1 Å². The summed E-state index contributed by atoms with van der Waals surface area (Å²) < 4.78 is 14.8. The van der Waals surface area contributed by atoms with Gasteiger partial charge in [0.1, 0.15) is 5.82 Å². The first kappa shape index (κ1) is 28.3. The number of hydrogen-bond acceptors (Lipinski definition) is 4. The molecule has 0 saturated heterocycles. The summed E-state index contributed by atoms with van der Waals surface area (Å²) in [6.07, 6.45) is 12.3. The van der Waals surface area contributed by atoms with Gasteiger partial charge < -0.3 is 16.0 Å². The molecular weight excluding hydrogens is 487 g/mol. The van der Waals surface area contributed by atoms with Crippen LogP contribution in [0.15, 0.2) is 18.2 Å². The number of benzene rings is 1. The molecule has 0 heterocycles. The van der Waals surface area contributed by atoms with E-state index < -0.39 is 5.82 Å². The molecule has 1 aromatic carbocycles. The highest BCUT2D eigenvalue weighted by molar-refractivity contribution is 5.95. The smallest absolute Gasteiger partial charge is 0.319 e. The van der Waals surface area contributed by atoms with Gasteiger partial charge in [-0.05, 0) is 86.3 Å². The third kappa shape index (κ3) is 7.04. The van der Waals surface area contributed by atoms with Crippen LogP contribution in [0, 0.1) is 22.6 Å². The fourth-order valence-electron chi connectivity index (χ4n) is 8.22. The van der Waals surface area contributed by atoms with Gasteiger partial charge in [0.2, 0.25) is 5.91 Å². The van der Waals surface area contributed by atoms with Gasteiger partial charge in [-0.1, -0.05) is 39.5 Å². The molecule has 4 aliphatic rings. The molecule has 1 aromatic rings. The monoisotopic (exact) mass is 530 g/mol. The molecule has 9 heteroatoms. The SMILES string of the molecule is CC12CC3CC(C)(C1)CC(NC(=O)Nc1ccc(C(=O)NCCCCCCCCC(=O)NO)cc1F)(C3)C2. The van der Waals surface area contributed by atoms with Gasteiger partial charge in [-0.25, -0.2) is 14.7 Å². The standard InChI is InChI=1S/C29H43FN4O4/c1-27-14-20-15-28(2,17-27)19-29(16-20,18-27)33-26(37)32-23-11-10-21(13-22(23)30)25(36)31-12-8-6-4-3-5-7-9-24(35)34-38/h10-11,13,20,38H,3-9,12,14-19H2,1-2H3,(H,31,36)(H,34,35)(H2,32,33,37). The van der Waals surface area contributed by atoms with Gasteiger partial charge in [0.05, 0.1) is 5.69 Å². The molecule has 4 aliphatic carbocycles. The molecule has 0 spiro atoms.